The van der Waals surface area contributed by atoms with Crippen LogP contribution in [0.2, 0.25) is 5.02 Å². The second-order valence-electron chi connectivity index (χ2n) is 9.78. The fraction of sp³-hybridized carbons (Fsp3) is 0.296. The summed E-state index contributed by atoms with van der Waals surface area (Å²) in [5, 5.41) is 10.5. The molecule has 0 spiro atoms. The molecule has 1 aromatic carbocycles. The van der Waals surface area contributed by atoms with E-state index in [9.17, 15) is 14.0 Å². The summed E-state index contributed by atoms with van der Waals surface area (Å²) < 4.78 is 26.5. The number of nitrogens with zero attached hydrogens (tertiary/aromatic N) is 4. The van der Waals surface area contributed by atoms with Gasteiger partial charge in [0.1, 0.15) is 17.2 Å². The predicted molar refractivity (Wildman–Crippen MR) is 152 cm³/mol. The van der Waals surface area contributed by atoms with Gasteiger partial charge >= 0.3 is 6.09 Å². The average Bonchev–Trinajstić information content (AvgIpc) is 3.68. The molecule has 0 saturated heterocycles. The van der Waals surface area contributed by atoms with Crippen LogP contribution in [-0.4, -0.2) is 54.7 Å². The maximum absolute atomic E-state index is 14.1. The SMILES string of the molecule is CC(C)Oc1ncc(F)cc1CNc1nc2c(C(=O)N[Si])cnn2cc1-c1ccc(NC(=O)OCC2CC2)cc1Cl. The molecule has 3 aromatic heterocycles. The number of nitrogens with one attached hydrogen (secondary N) is 3. The van der Waals surface area contributed by atoms with Crippen LogP contribution in [0.15, 0.2) is 42.9 Å². The van der Waals surface area contributed by atoms with Gasteiger partial charge in [0.2, 0.25) is 11.8 Å². The van der Waals surface area contributed by atoms with Crippen LogP contribution in [0.3, 0.4) is 0 Å². The summed E-state index contributed by atoms with van der Waals surface area (Å²) in [5.74, 6) is 0.107. The fourth-order valence-corrected chi connectivity index (χ4v) is 4.43. The number of carbonyl (C=O) groups excluding carboxylic acids is 2. The molecule has 0 bridgehead atoms. The summed E-state index contributed by atoms with van der Waals surface area (Å²) in [6, 6.07) is 6.33. The summed E-state index contributed by atoms with van der Waals surface area (Å²) in [6.45, 7) is 4.18. The number of benzene rings is 1. The first kappa shape index (κ1) is 28.3. The third-order valence-electron chi connectivity index (χ3n) is 6.19. The molecule has 1 fully saturated rings. The van der Waals surface area contributed by atoms with Crippen molar-refractivity contribution in [1.29, 1.82) is 0 Å². The Kier molecular flexibility index (Phi) is 8.35. The number of aromatic nitrogens is 4. The van der Waals surface area contributed by atoms with Crippen LogP contribution in [-0.2, 0) is 11.3 Å². The first-order valence-corrected chi connectivity index (χ1v) is 13.7. The molecule has 211 valence electrons. The number of hydrogen-bond acceptors (Lipinski definition) is 8. The number of ether oxygens (including phenoxy) is 2. The molecule has 3 heterocycles. The maximum atomic E-state index is 14.1. The lowest BCUT2D eigenvalue weighted by atomic mass is 10.1. The van der Waals surface area contributed by atoms with Gasteiger partial charge in [-0.25, -0.2) is 23.7 Å². The van der Waals surface area contributed by atoms with Crippen LogP contribution in [0.25, 0.3) is 16.8 Å². The lowest BCUT2D eigenvalue weighted by Gasteiger charge is -2.16. The Labute approximate surface area is 243 Å². The fourth-order valence-electron chi connectivity index (χ4n) is 4.02. The number of pyridine rings is 1. The number of hydrogen-bond donors (Lipinski definition) is 3. The van der Waals surface area contributed by atoms with Crippen molar-refractivity contribution in [3.8, 4) is 17.0 Å². The minimum Gasteiger partial charge on any atom is -0.475 e. The van der Waals surface area contributed by atoms with Crippen LogP contribution >= 0.6 is 11.6 Å². The van der Waals surface area contributed by atoms with Gasteiger partial charge in [0, 0.05) is 35.1 Å². The zero-order chi connectivity index (χ0) is 29.1. The Hall–Kier alpha value is -4.23. The molecule has 0 unspecified atom stereocenters. The minimum atomic E-state index is -0.553. The summed E-state index contributed by atoms with van der Waals surface area (Å²) >= 11 is 6.68. The van der Waals surface area contributed by atoms with Crippen LogP contribution in [0, 0.1) is 11.7 Å². The van der Waals surface area contributed by atoms with Crippen LogP contribution in [0.5, 0.6) is 5.88 Å². The number of anilines is 2. The summed E-state index contributed by atoms with van der Waals surface area (Å²) in [5.41, 5.74) is 2.53. The Bertz CT molecular complexity index is 1610. The van der Waals surface area contributed by atoms with Crippen LogP contribution in [0.4, 0.5) is 20.7 Å². The van der Waals surface area contributed by atoms with E-state index in [2.05, 4.69) is 41.1 Å². The van der Waals surface area contributed by atoms with Gasteiger partial charge < -0.3 is 19.8 Å². The predicted octanol–water partition coefficient (Wildman–Crippen LogP) is 4.75. The number of rotatable bonds is 10. The molecule has 11 nitrogen and oxygen atoms in total. The number of carbonyl (C=O) groups is 2. The smallest absolute Gasteiger partial charge is 0.411 e. The van der Waals surface area contributed by atoms with Gasteiger partial charge in [-0.1, -0.05) is 17.7 Å². The van der Waals surface area contributed by atoms with E-state index < -0.39 is 17.8 Å². The molecular formula is C27H26ClFN7O4Si. The quantitative estimate of drug-likeness (QED) is 0.224. The molecule has 3 radical (unpaired) electrons. The van der Waals surface area contributed by atoms with Crippen molar-refractivity contribution >= 4 is 51.2 Å². The third kappa shape index (κ3) is 6.74. The van der Waals surface area contributed by atoms with Gasteiger partial charge in [0.25, 0.3) is 0 Å². The van der Waals surface area contributed by atoms with Crippen LogP contribution in [0.1, 0.15) is 42.6 Å². The summed E-state index contributed by atoms with van der Waals surface area (Å²) in [7, 11) is 3.00. The van der Waals surface area contributed by atoms with Gasteiger partial charge in [-0.05, 0) is 50.8 Å². The van der Waals surface area contributed by atoms with E-state index in [1.54, 1.807) is 24.4 Å². The van der Waals surface area contributed by atoms with Gasteiger partial charge in [0.15, 0.2) is 16.1 Å². The molecule has 1 saturated carbocycles. The number of fused-ring (bicyclic) bond motifs is 1. The molecule has 14 heteroatoms. The monoisotopic (exact) mass is 594 g/mol. The molecule has 3 N–H and O–H groups in total. The van der Waals surface area contributed by atoms with Crippen molar-refractivity contribution in [3.63, 3.8) is 0 Å². The van der Waals surface area contributed by atoms with Crippen molar-refractivity contribution in [2.45, 2.75) is 39.3 Å². The number of amides is 2. The molecular weight excluding hydrogens is 569 g/mol. The highest BCUT2D eigenvalue weighted by Crippen LogP contribution is 2.35. The highest BCUT2D eigenvalue weighted by atomic mass is 35.5. The van der Waals surface area contributed by atoms with E-state index in [0.29, 0.717) is 45.7 Å². The standard InChI is InChI=1S/C27H26ClFN7O4Si/c1-14(2)40-26-16(7-17(29)10-31-26)9-30-23-21(12-36-24(34-23)20(11-32-36)25(37)35-41)19-6-5-18(8-22(19)28)33-27(38)39-13-15-3-4-15/h5-8,10-12,14-15H,3-4,9,13H2,1-2H3,(H,30,34)(H,33,38)(H,35,37). The Morgan fingerprint density at radius 2 is 2.02 bits per heavy atom. The van der Waals surface area contributed by atoms with Crippen molar-refractivity contribution in [3.05, 3.63) is 64.8 Å². The Morgan fingerprint density at radius 3 is 2.73 bits per heavy atom. The van der Waals surface area contributed by atoms with Gasteiger partial charge in [0.05, 0.1) is 30.1 Å². The molecule has 1 aliphatic carbocycles. The molecule has 4 aromatic rings. The van der Waals surface area contributed by atoms with Gasteiger partial charge in [-0.3, -0.25) is 10.1 Å². The van der Waals surface area contributed by atoms with Crippen molar-refractivity contribution < 1.29 is 23.5 Å². The molecule has 41 heavy (non-hydrogen) atoms. The van der Waals surface area contributed by atoms with Gasteiger partial charge in [-0.15, -0.1) is 0 Å². The van der Waals surface area contributed by atoms with Gasteiger partial charge in [-0.2, -0.15) is 5.10 Å². The van der Waals surface area contributed by atoms with E-state index in [0.717, 1.165) is 19.0 Å². The topological polar surface area (TPSA) is 132 Å². The van der Waals surface area contributed by atoms with Crippen molar-refractivity contribution in [2.24, 2.45) is 5.92 Å². The summed E-state index contributed by atoms with van der Waals surface area (Å²) in [4.78, 5) is 35.7. The zero-order valence-electron chi connectivity index (χ0n) is 22.2. The lowest BCUT2D eigenvalue weighted by Crippen LogP contribution is -2.19. The normalized spacial score (nSPS) is 12.8. The second-order valence-corrected chi connectivity index (χ2v) is 10.4. The molecule has 5 rings (SSSR count). The lowest BCUT2D eigenvalue weighted by molar-refractivity contribution is 0.0983. The zero-order valence-corrected chi connectivity index (χ0v) is 24.0. The highest BCUT2D eigenvalue weighted by molar-refractivity contribution is 6.33. The minimum absolute atomic E-state index is 0.0981. The summed E-state index contributed by atoms with van der Waals surface area (Å²) in [6.07, 6.45) is 5.56. The van der Waals surface area contributed by atoms with E-state index in [1.807, 2.05) is 13.8 Å². The first-order chi connectivity index (χ1) is 19.7. The Balaban J connectivity index is 1.49. The molecule has 2 amide bonds. The largest absolute Gasteiger partial charge is 0.475 e. The van der Waals surface area contributed by atoms with E-state index in [-0.39, 0.29) is 29.7 Å². The van der Waals surface area contributed by atoms with E-state index >= 15 is 0 Å². The van der Waals surface area contributed by atoms with Crippen molar-refractivity contribution in [2.75, 3.05) is 17.2 Å². The average molecular weight is 595 g/mol. The maximum Gasteiger partial charge on any atom is 0.411 e. The molecule has 1 aliphatic rings. The Morgan fingerprint density at radius 1 is 1.22 bits per heavy atom. The highest BCUT2D eigenvalue weighted by Gasteiger charge is 2.23. The van der Waals surface area contributed by atoms with Crippen LogP contribution < -0.4 is 20.4 Å². The third-order valence-corrected chi connectivity index (χ3v) is 6.73. The second kappa shape index (κ2) is 12.1. The van der Waals surface area contributed by atoms with E-state index in [4.69, 9.17) is 21.1 Å². The molecule has 0 aliphatic heterocycles. The number of halogens is 2. The first-order valence-electron chi connectivity index (χ1n) is 12.9. The molecule has 0 atom stereocenters. The van der Waals surface area contributed by atoms with E-state index in [1.165, 1.54) is 16.8 Å². The van der Waals surface area contributed by atoms with Crippen molar-refractivity contribution in [1.82, 2.24) is 24.6 Å².